The fourth-order valence-electron chi connectivity index (χ4n) is 1.69. The van der Waals surface area contributed by atoms with Gasteiger partial charge in [0.1, 0.15) is 0 Å². The first-order valence-electron chi connectivity index (χ1n) is 5.52. The maximum absolute atomic E-state index is 5.03. The lowest BCUT2D eigenvalue weighted by atomic mass is 10.2. The summed E-state index contributed by atoms with van der Waals surface area (Å²) in [6.07, 6.45) is 0. The smallest absolute Gasteiger partial charge is 0.0587 e. The molecule has 1 aromatic carbocycles. The van der Waals surface area contributed by atoms with E-state index in [1.54, 1.807) is 7.11 Å². The third kappa shape index (κ3) is 2.61. The largest absolute Gasteiger partial charge is 0.383 e. The number of hydrogen-bond acceptors (Lipinski definition) is 3. The molecule has 0 radical (unpaired) electrons. The molecule has 0 aliphatic rings. The average Bonchev–Trinajstić information content (AvgIpc) is 2.73. The van der Waals surface area contributed by atoms with E-state index in [2.05, 4.69) is 42.6 Å². The molecule has 1 unspecified atom stereocenters. The molecular formula is C13H17NOS. The van der Waals surface area contributed by atoms with Gasteiger partial charge in [0.2, 0.25) is 0 Å². The van der Waals surface area contributed by atoms with Gasteiger partial charge in [-0.25, -0.2) is 0 Å². The molecule has 16 heavy (non-hydrogen) atoms. The molecule has 0 fully saturated rings. The molecule has 1 N–H and O–H groups in total. The van der Waals surface area contributed by atoms with Crippen molar-refractivity contribution >= 4 is 21.4 Å². The molecule has 0 aliphatic carbocycles. The Hall–Kier alpha value is -0.900. The first-order chi connectivity index (χ1) is 7.81. The van der Waals surface area contributed by atoms with Crippen LogP contribution in [0.4, 0.5) is 0 Å². The Morgan fingerprint density at radius 2 is 2.19 bits per heavy atom. The topological polar surface area (TPSA) is 21.3 Å². The van der Waals surface area contributed by atoms with Gasteiger partial charge >= 0.3 is 0 Å². The number of thiophene rings is 1. The summed E-state index contributed by atoms with van der Waals surface area (Å²) >= 11 is 1.86. The molecule has 0 aliphatic heterocycles. The number of benzene rings is 1. The van der Waals surface area contributed by atoms with Crippen molar-refractivity contribution in [2.45, 2.75) is 13.0 Å². The van der Waals surface area contributed by atoms with E-state index in [1.807, 2.05) is 11.3 Å². The van der Waals surface area contributed by atoms with Gasteiger partial charge in [-0.05, 0) is 24.4 Å². The maximum Gasteiger partial charge on any atom is 0.0587 e. The Bertz CT molecular complexity index is 419. The van der Waals surface area contributed by atoms with Crippen molar-refractivity contribution in [3.8, 4) is 0 Å². The van der Waals surface area contributed by atoms with Crippen molar-refractivity contribution < 1.29 is 4.74 Å². The molecule has 0 saturated heterocycles. The van der Waals surface area contributed by atoms with E-state index in [0.29, 0.717) is 6.04 Å². The molecule has 1 atom stereocenters. The minimum absolute atomic E-state index is 0.396. The van der Waals surface area contributed by atoms with Crippen LogP contribution in [0.5, 0.6) is 0 Å². The van der Waals surface area contributed by atoms with Crippen LogP contribution >= 0.6 is 11.3 Å². The molecule has 2 nitrogen and oxygen atoms in total. The fraction of sp³-hybridized carbons (Fsp3) is 0.385. The van der Waals surface area contributed by atoms with Gasteiger partial charge in [0.05, 0.1) is 6.61 Å². The summed E-state index contributed by atoms with van der Waals surface area (Å²) in [6.45, 7) is 3.85. The summed E-state index contributed by atoms with van der Waals surface area (Å²) < 4.78 is 6.39. The highest BCUT2D eigenvalue weighted by molar-refractivity contribution is 7.19. The van der Waals surface area contributed by atoms with Gasteiger partial charge in [0.15, 0.2) is 0 Å². The Balaban J connectivity index is 2.07. The second kappa shape index (κ2) is 5.43. The van der Waals surface area contributed by atoms with Gasteiger partial charge in [0, 0.05) is 29.3 Å². The highest BCUT2D eigenvalue weighted by Gasteiger charge is 2.08. The van der Waals surface area contributed by atoms with Gasteiger partial charge in [-0.2, -0.15) is 0 Å². The van der Waals surface area contributed by atoms with E-state index in [4.69, 9.17) is 4.74 Å². The van der Waals surface area contributed by atoms with Crippen LogP contribution in [-0.4, -0.2) is 20.3 Å². The van der Waals surface area contributed by atoms with Gasteiger partial charge in [-0.1, -0.05) is 18.2 Å². The van der Waals surface area contributed by atoms with Crippen molar-refractivity contribution in [1.29, 1.82) is 0 Å². The monoisotopic (exact) mass is 235 g/mol. The number of hydrogen-bond donors (Lipinski definition) is 1. The standard InChI is InChI=1S/C13H17NOS/c1-10(14-7-8-15-2)13-9-11-5-3-4-6-12(11)16-13/h3-6,9-10,14H,7-8H2,1-2H3. The third-order valence-corrected chi connectivity index (χ3v) is 3.93. The quantitative estimate of drug-likeness (QED) is 0.804. The molecular weight excluding hydrogens is 218 g/mol. The summed E-state index contributed by atoms with van der Waals surface area (Å²) in [6, 6.07) is 11.2. The predicted molar refractivity (Wildman–Crippen MR) is 70.1 cm³/mol. The van der Waals surface area contributed by atoms with E-state index < -0.39 is 0 Å². The zero-order valence-electron chi connectivity index (χ0n) is 9.69. The third-order valence-electron chi connectivity index (χ3n) is 2.63. The van der Waals surface area contributed by atoms with Gasteiger partial charge in [0.25, 0.3) is 0 Å². The average molecular weight is 235 g/mol. The fourth-order valence-corrected chi connectivity index (χ4v) is 2.79. The number of nitrogens with one attached hydrogen (secondary N) is 1. The van der Waals surface area contributed by atoms with Crippen molar-refractivity contribution in [2.24, 2.45) is 0 Å². The zero-order chi connectivity index (χ0) is 11.4. The summed E-state index contributed by atoms with van der Waals surface area (Å²) in [7, 11) is 1.73. The van der Waals surface area contributed by atoms with Gasteiger partial charge in [-0.3, -0.25) is 0 Å². The molecule has 1 aromatic heterocycles. The van der Waals surface area contributed by atoms with E-state index in [9.17, 15) is 0 Å². The van der Waals surface area contributed by atoms with Crippen LogP contribution in [0.1, 0.15) is 17.8 Å². The van der Waals surface area contributed by atoms with Crippen LogP contribution in [0.3, 0.4) is 0 Å². The number of fused-ring (bicyclic) bond motifs is 1. The lowest BCUT2D eigenvalue weighted by Gasteiger charge is -2.10. The van der Waals surface area contributed by atoms with Crippen LogP contribution in [0.25, 0.3) is 10.1 Å². The lowest BCUT2D eigenvalue weighted by Crippen LogP contribution is -2.22. The van der Waals surface area contributed by atoms with E-state index >= 15 is 0 Å². The van der Waals surface area contributed by atoms with Gasteiger partial charge in [-0.15, -0.1) is 11.3 Å². The second-order valence-electron chi connectivity index (χ2n) is 3.86. The minimum atomic E-state index is 0.396. The van der Waals surface area contributed by atoms with Crippen LogP contribution in [0.15, 0.2) is 30.3 Å². The molecule has 2 aromatic rings. The number of rotatable bonds is 5. The zero-order valence-corrected chi connectivity index (χ0v) is 10.5. The van der Waals surface area contributed by atoms with Crippen molar-refractivity contribution in [1.82, 2.24) is 5.32 Å². The normalized spacial score (nSPS) is 13.1. The summed E-state index contributed by atoms with van der Waals surface area (Å²) in [5.41, 5.74) is 0. The SMILES string of the molecule is COCCNC(C)c1cc2ccccc2s1. The molecule has 2 rings (SSSR count). The molecule has 0 spiro atoms. The first-order valence-corrected chi connectivity index (χ1v) is 6.33. The Kier molecular flexibility index (Phi) is 3.93. The molecule has 1 heterocycles. The Morgan fingerprint density at radius 1 is 1.38 bits per heavy atom. The summed E-state index contributed by atoms with van der Waals surface area (Å²) in [4.78, 5) is 1.39. The van der Waals surface area contributed by atoms with Crippen molar-refractivity contribution in [3.63, 3.8) is 0 Å². The van der Waals surface area contributed by atoms with Crippen LogP contribution in [0.2, 0.25) is 0 Å². The van der Waals surface area contributed by atoms with Gasteiger partial charge < -0.3 is 10.1 Å². The van der Waals surface area contributed by atoms with E-state index in [-0.39, 0.29) is 0 Å². The maximum atomic E-state index is 5.03. The van der Waals surface area contributed by atoms with Crippen molar-refractivity contribution in [2.75, 3.05) is 20.3 Å². The summed E-state index contributed by atoms with van der Waals surface area (Å²) in [5.74, 6) is 0. The highest BCUT2D eigenvalue weighted by Crippen LogP contribution is 2.29. The summed E-state index contributed by atoms with van der Waals surface area (Å²) in [5, 5.41) is 4.78. The molecule has 0 saturated carbocycles. The molecule has 3 heteroatoms. The predicted octanol–water partition coefficient (Wildman–Crippen LogP) is 3.20. The minimum Gasteiger partial charge on any atom is -0.383 e. The van der Waals surface area contributed by atoms with Crippen LogP contribution in [0, 0.1) is 0 Å². The van der Waals surface area contributed by atoms with Crippen LogP contribution < -0.4 is 5.32 Å². The second-order valence-corrected chi connectivity index (χ2v) is 4.97. The molecule has 86 valence electrons. The van der Waals surface area contributed by atoms with E-state index in [0.717, 1.165) is 13.2 Å². The molecule has 0 bridgehead atoms. The Morgan fingerprint density at radius 3 is 2.94 bits per heavy atom. The van der Waals surface area contributed by atoms with Crippen molar-refractivity contribution in [3.05, 3.63) is 35.2 Å². The lowest BCUT2D eigenvalue weighted by molar-refractivity contribution is 0.196. The molecule has 0 amide bonds. The number of ether oxygens (including phenoxy) is 1. The van der Waals surface area contributed by atoms with Crippen LogP contribution in [-0.2, 0) is 4.74 Å². The Labute approximate surface area is 100 Å². The number of methoxy groups -OCH3 is 1. The highest BCUT2D eigenvalue weighted by atomic mass is 32.1. The van der Waals surface area contributed by atoms with E-state index in [1.165, 1.54) is 15.0 Å². The first kappa shape index (κ1) is 11.6.